The molecule has 0 aliphatic carbocycles. The van der Waals surface area contributed by atoms with Gasteiger partial charge in [0, 0.05) is 37.2 Å². The summed E-state index contributed by atoms with van der Waals surface area (Å²) in [5, 5.41) is 7.55. The van der Waals surface area contributed by atoms with E-state index in [9.17, 15) is 4.79 Å². The first-order valence-electron chi connectivity index (χ1n) is 7.59. The zero-order valence-electron chi connectivity index (χ0n) is 12.7. The molecule has 0 aromatic carbocycles. The standard InChI is InChI=1S/C15H23N3O2.ClH/c1-10-14(11(2)20-17-10)5-6-15(19)18-8-7-12-3-4-13(9-18)16-12;/h12-13,16H,3-9H2,1-2H3;1H. The monoisotopic (exact) mass is 313 g/mol. The zero-order chi connectivity index (χ0) is 14.1. The van der Waals surface area contributed by atoms with Crippen LogP contribution in [-0.2, 0) is 11.2 Å². The van der Waals surface area contributed by atoms with Crippen LogP contribution in [0.25, 0.3) is 0 Å². The molecule has 6 heteroatoms. The Kier molecular flexibility index (Phi) is 5.27. The van der Waals surface area contributed by atoms with Crippen molar-refractivity contribution in [2.24, 2.45) is 0 Å². The smallest absolute Gasteiger partial charge is 0.222 e. The molecule has 21 heavy (non-hydrogen) atoms. The summed E-state index contributed by atoms with van der Waals surface area (Å²) in [6, 6.07) is 1.13. The molecule has 0 saturated carbocycles. The van der Waals surface area contributed by atoms with E-state index in [2.05, 4.69) is 10.5 Å². The molecule has 1 N–H and O–H groups in total. The van der Waals surface area contributed by atoms with Gasteiger partial charge in [-0.15, -0.1) is 12.4 Å². The van der Waals surface area contributed by atoms with Crippen molar-refractivity contribution in [3.8, 4) is 0 Å². The number of fused-ring (bicyclic) bond motifs is 2. The lowest BCUT2D eigenvalue weighted by atomic mass is 10.1. The predicted octanol–water partition coefficient (Wildman–Crippen LogP) is 2.00. The molecular weight excluding hydrogens is 290 g/mol. The number of aromatic nitrogens is 1. The summed E-state index contributed by atoms with van der Waals surface area (Å²) in [7, 11) is 0. The molecular formula is C15H24ClN3O2. The van der Waals surface area contributed by atoms with Crippen molar-refractivity contribution in [2.75, 3.05) is 13.1 Å². The summed E-state index contributed by atoms with van der Waals surface area (Å²) in [5.74, 6) is 1.10. The van der Waals surface area contributed by atoms with Crippen molar-refractivity contribution in [1.82, 2.24) is 15.4 Å². The van der Waals surface area contributed by atoms with Crippen LogP contribution in [0.5, 0.6) is 0 Å². The summed E-state index contributed by atoms with van der Waals surface area (Å²) in [6.07, 6.45) is 4.86. The second kappa shape index (κ2) is 6.79. The molecule has 2 saturated heterocycles. The van der Waals surface area contributed by atoms with Crippen LogP contribution in [0.1, 0.15) is 42.7 Å². The Labute approximate surface area is 131 Å². The highest BCUT2D eigenvalue weighted by Gasteiger charge is 2.30. The van der Waals surface area contributed by atoms with Gasteiger partial charge in [0.15, 0.2) is 0 Å². The Hall–Kier alpha value is -1.07. The molecule has 3 rings (SSSR count). The number of nitrogens with one attached hydrogen (secondary N) is 1. The van der Waals surface area contributed by atoms with Gasteiger partial charge >= 0.3 is 0 Å². The highest BCUT2D eigenvalue weighted by atomic mass is 35.5. The van der Waals surface area contributed by atoms with Gasteiger partial charge in [0.25, 0.3) is 0 Å². The van der Waals surface area contributed by atoms with E-state index in [1.54, 1.807) is 0 Å². The lowest BCUT2D eigenvalue weighted by Gasteiger charge is -2.24. The minimum Gasteiger partial charge on any atom is -0.361 e. The predicted molar refractivity (Wildman–Crippen MR) is 82.7 cm³/mol. The van der Waals surface area contributed by atoms with Gasteiger partial charge in [0.2, 0.25) is 5.91 Å². The maximum Gasteiger partial charge on any atom is 0.222 e. The minimum atomic E-state index is 0. The number of rotatable bonds is 3. The SMILES string of the molecule is Cc1noc(C)c1CCC(=O)N1CCC2CCC(C1)N2.Cl. The molecule has 2 atom stereocenters. The van der Waals surface area contributed by atoms with E-state index in [0.717, 1.165) is 42.9 Å². The molecule has 1 aromatic rings. The van der Waals surface area contributed by atoms with Crippen LogP contribution in [0.4, 0.5) is 0 Å². The van der Waals surface area contributed by atoms with Crippen molar-refractivity contribution in [3.05, 3.63) is 17.0 Å². The number of hydrogen-bond donors (Lipinski definition) is 1. The molecule has 2 aliphatic rings. The average Bonchev–Trinajstić information content (AvgIpc) is 2.90. The molecule has 1 amide bonds. The number of amides is 1. The fourth-order valence-electron chi connectivity index (χ4n) is 3.42. The van der Waals surface area contributed by atoms with E-state index < -0.39 is 0 Å². The summed E-state index contributed by atoms with van der Waals surface area (Å²) in [4.78, 5) is 14.4. The quantitative estimate of drug-likeness (QED) is 0.927. The normalized spacial score (nSPS) is 24.6. The first kappa shape index (κ1) is 16.3. The van der Waals surface area contributed by atoms with Crippen LogP contribution in [0, 0.1) is 13.8 Å². The maximum atomic E-state index is 12.4. The highest BCUT2D eigenvalue weighted by Crippen LogP contribution is 2.21. The Balaban J connectivity index is 0.00000161. The third-order valence-electron chi connectivity index (χ3n) is 4.65. The number of carbonyl (C=O) groups excluding carboxylic acids is 1. The molecule has 2 aliphatic heterocycles. The van der Waals surface area contributed by atoms with Gasteiger partial charge in [-0.3, -0.25) is 4.79 Å². The van der Waals surface area contributed by atoms with Crippen LogP contribution in [0.3, 0.4) is 0 Å². The van der Waals surface area contributed by atoms with Gasteiger partial charge in [-0.25, -0.2) is 0 Å². The number of aryl methyl sites for hydroxylation is 2. The van der Waals surface area contributed by atoms with E-state index >= 15 is 0 Å². The Morgan fingerprint density at radius 2 is 2.10 bits per heavy atom. The summed E-state index contributed by atoms with van der Waals surface area (Å²) < 4.78 is 5.15. The average molecular weight is 314 g/mol. The van der Waals surface area contributed by atoms with Gasteiger partial charge in [-0.05, 0) is 39.5 Å². The van der Waals surface area contributed by atoms with Crippen molar-refractivity contribution in [1.29, 1.82) is 0 Å². The van der Waals surface area contributed by atoms with E-state index in [4.69, 9.17) is 4.52 Å². The van der Waals surface area contributed by atoms with Gasteiger partial charge in [0.05, 0.1) is 5.69 Å². The van der Waals surface area contributed by atoms with Crippen LogP contribution in [0.15, 0.2) is 4.52 Å². The molecule has 3 heterocycles. The maximum absolute atomic E-state index is 12.4. The number of likely N-dealkylation sites (tertiary alicyclic amines) is 1. The van der Waals surface area contributed by atoms with Gasteiger partial charge in [-0.1, -0.05) is 5.16 Å². The van der Waals surface area contributed by atoms with E-state index in [0.29, 0.717) is 18.5 Å². The van der Waals surface area contributed by atoms with Crippen LogP contribution in [0.2, 0.25) is 0 Å². The second-order valence-electron chi connectivity index (χ2n) is 6.07. The van der Waals surface area contributed by atoms with Crippen molar-refractivity contribution in [3.63, 3.8) is 0 Å². The Morgan fingerprint density at radius 3 is 2.81 bits per heavy atom. The summed E-state index contributed by atoms with van der Waals surface area (Å²) in [6.45, 7) is 5.62. The van der Waals surface area contributed by atoms with Crippen molar-refractivity contribution < 1.29 is 9.32 Å². The molecule has 2 fully saturated rings. The topological polar surface area (TPSA) is 58.4 Å². The zero-order valence-corrected chi connectivity index (χ0v) is 13.5. The third kappa shape index (κ3) is 3.58. The van der Waals surface area contributed by atoms with Crippen molar-refractivity contribution in [2.45, 2.75) is 58.0 Å². The van der Waals surface area contributed by atoms with Crippen LogP contribution < -0.4 is 5.32 Å². The number of nitrogens with zero attached hydrogens (tertiary/aromatic N) is 2. The Bertz CT molecular complexity index is 484. The molecule has 2 unspecified atom stereocenters. The van der Waals surface area contributed by atoms with Gasteiger partial charge in [0.1, 0.15) is 5.76 Å². The van der Waals surface area contributed by atoms with Gasteiger partial charge < -0.3 is 14.7 Å². The second-order valence-corrected chi connectivity index (χ2v) is 6.07. The first-order chi connectivity index (χ1) is 9.63. The molecule has 118 valence electrons. The minimum absolute atomic E-state index is 0. The first-order valence-corrected chi connectivity index (χ1v) is 7.59. The highest BCUT2D eigenvalue weighted by molar-refractivity contribution is 5.85. The summed E-state index contributed by atoms with van der Waals surface area (Å²) in [5.41, 5.74) is 2.00. The number of halogens is 1. The lowest BCUT2D eigenvalue weighted by Crippen LogP contribution is -2.39. The van der Waals surface area contributed by atoms with Crippen LogP contribution in [-0.4, -0.2) is 41.1 Å². The van der Waals surface area contributed by atoms with E-state index in [1.807, 2.05) is 18.7 Å². The fraction of sp³-hybridized carbons (Fsp3) is 0.733. The molecule has 5 nitrogen and oxygen atoms in total. The number of hydrogen-bond acceptors (Lipinski definition) is 4. The Morgan fingerprint density at radius 1 is 1.33 bits per heavy atom. The molecule has 2 bridgehead atoms. The van der Waals surface area contributed by atoms with Crippen molar-refractivity contribution >= 4 is 18.3 Å². The summed E-state index contributed by atoms with van der Waals surface area (Å²) >= 11 is 0. The molecule has 0 radical (unpaired) electrons. The van der Waals surface area contributed by atoms with E-state index in [-0.39, 0.29) is 18.3 Å². The number of carbonyl (C=O) groups is 1. The fourth-order valence-corrected chi connectivity index (χ4v) is 3.42. The molecule has 1 aromatic heterocycles. The van der Waals surface area contributed by atoms with Gasteiger partial charge in [-0.2, -0.15) is 0 Å². The third-order valence-corrected chi connectivity index (χ3v) is 4.65. The van der Waals surface area contributed by atoms with E-state index in [1.165, 1.54) is 12.8 Å². The largest absolute Gasteiger partial charge is 0.361 e. The molecule has 0 spiro atoms. The van der Waals surface area contributed by atoms with Crippen LogP contribution >= 0.6 is 12.4 Å². The lowest BCUT2D eigenvalue weighted by molar-refractivity contribution is -0.131.